The molecular weight excluding hydrogens is 470 g/mol. The van der Waals surface area contributed by atoms with Crippen LogP contribution >= 0.6 is 11.3 Å². The Balaban J connectivity index is 1.31. The van der Waals surface area contributed by atoms with Gasteiger partial charge in [0, 0.05) is 37.1 Å². The molecule has 4 heterocycles. The van der Waals surface area contributed by atoms with Gasteiger partial charge in [-0.15, -0.1) is 11.3 Å². The number of aryl methyl sites for hydroxylation is 1. The SMILES string of the molecule is Cc1cccnc1NC(=O)C1CCCN(C(=O)C=Cc2cn(-c3ccccc3)nc2-c2cccs2)C1. The highest BCUT2D eigenvalue weighted by atomic mass is 32.1. The number of piperidine rings is 1. The third-order valence-corrected chi connectivity index (χ3v) is 7.15. The van der Waals surface area contributed by atoms with Gasteiger partial charge in [0.25, 0.3) is 0 Å². The number of nitrogens with zero attached hydrogens (tertiary/aromatic N) is 4. The van der Waals surface area contributed by atoms with E-state index in [0.717, 1.165) is 40.2 Å². The van der Waals surface area contributed by atoms with Crippen LogP contribution in [-0.2, 0) is 9.59 Å². The molecule has 1 saturated heterocycles. The topological polar surface area (TPSA) is 80.1 Å². The van der Waals surface area contributed by atoms with Crippen LogP contribution in [0.2, 0.25) is 0 Å². The highest BCUT2D eigenvalue weighted by molar-refractivity contribution is 7.13. The van der Waals surface area contributed by atoms with Crippen LogP contribution in [-0.4, -0.2) is 44.6 Å². The van der Waals surface area contributed by atoms with E-state index in [-0.39, 0.29) is 17.7 Å². The summed E-state index contributed by atoms with van der Waals surface area (Å²) < 4.78 is 1.83. The van der Waals surface area contributed by atoms with Crippen molar-refractivity contribution < 1.29 is 9.59 Å². The number of nitrogens with one attached hydrogen (secondary N) is 1. The van der Waals surface area contributed by atoms with Gasteiger partial charge in [-0.2, -0.15) is 5.10 Å². The summed E-state index contributed by atoms with van der Waals surface area (Å²) in [6, 6.07) is 17.7. The second-order valence-corrected chi connectivity index (χ2v) is 9.75. The Kier molecular flexibility index (Phi) is 7.04. The van der Waals surface area contributed by atoms with E-state index in [2.05, 4.69) is 10.3 Å². The summed E-state index contributed by atoms with van der Waals surface area (Å²) in [5.41, 5.74) is 3.57. The Labute approximate surface area is 214 Å². The third-order valence-electron chi connectivity index (χ3n) is 6.28. The highest BCUT2D eigenvalue weighted by Gasteiger charge is 2.28. The molecule has 7 nitrogen and oxygen atoms in total. The lowest BCUT2D eigenvalue weighted by Gasteiger charge is -2.31. The maximum Gasteiger partial charge on any atom is 0.246 e. The van der Waals surface area contributed by atoms with Gasteiger partial charge in [0.1, 0.15) is 11.5 Å². The van der Waals surface area contributed by atoms with Crippen molar-refractivity contribution in [2.45, 2.75) is 19.8 Å². The van der Waals surface area contributed by atoms with Crippen molar-refractivity contribution in [2.24, 2.45) is 5.92 Å². The largest absolute Gasteiger partial charge is 0.338 e. The standard InChI is InChI=1S/C28H27N5O2S/c1-20-8-5-15-29-27(20)30-28(35)22-9-6-16-32(18-22)25(34)14-13-21-19-33(23-10-3-2-4-11-23)31-26(21)24-12-7-17-36-24/h2-5,7-8,10-15,17,19,22H,6,9,16,18H2,1H3,(H,29,30,35). The minimum absolute atomic E-state index is 0.0950. The first kappa shape index (κ1) is 23.7. The van der Waals surface area contributed by atoms with Crippen molar-refractivity contribution in [1.29, 1.82) is 0 Å². The van der Waals surface area contributed by atoms with Gasteiger partial charge >= 0.3 is 0 Å². The number of carbonyl (C=O) groups is 2. The zero-order chi connectivity index (χ0) is 24.9. The number of pyridine rings is 1. The molecule has 0 aliphatic carbocycles. The van der Waals surface area contributed by atoms with Gasteiger partial charge in [0.15, 0.2) is 0 Å². The minimum atomic E-state index is -0.264. The van der Waals surface area contributed by atoms with E-state index in [0.29, 0.717) is 18.9 Å². The van der Waals surface area contributed by atoms with Gasteiger partial charge in [-0.05, 0) is 61.1 Å². The Bertz CT molecular complexity index is 1380. The Morgan fingerprint density at radius 3 is 2.75 bits per heavy atom. The second-order valence-electron chi connectivity index (χ2n) is 8.81. The van der Waals surface area contributed by atoms with Crippen LogP contribution in [0.3, 0.4) is 0 Å². The molecule has 0 radical (unpaired) electrons. The van der Waals surface area contributed by atoms with Crippen LogP contribution in [0.25, 0.3) is 22.3 Å². The molecule has 0 bridgehead atoms. The van der Waals surface area contributed by atoms with Gasteiger partial charge in [-0.25, -0.2) is 9.67 Å². The summed E-state index contributed by atoms with van der Waals surface area (Å²) in [5, 5.41) is 9.73. The molecule has 1 fully saturated rings. The molecule has 36 heavy (non-hydrogen) atoms. The predicted molar refractivity (Wildman–Crippen MR) is 143 cm³/mol. The number of carbonyl (C=O) groups excluding carboxylic acids is 2. The normalized spacial score (nSPS) is 15.8. The lowest BCUT2D eigenvalue weighted by molar-refractivity contribution is -0.130. The fourth-order valence-electron chi connectivity index (χ4n) is 4.32. The quantitative estimate of drug-likeness (QED) is 0.372. The summed E-state index contributed by atoms with van der Waals surface area (Å²) >= 11 is 1.61. The average molecular weight is 498 g/mol. The smallest absolute Gasteiger partial charge is 0.246 e. The first-order valence-electron chi connectivity index (χ1n) is 12.0. The molecule has 1 atom stereocenters. The van der Waals surface area contributed by atoms with Gasteiger partial charge in [0.2, 0.25) is 11.8 Å². The number of likely N-dealkylation sites (tertiary alicyclic amines) is 1. The zero-order valence-corrected chi connectivity index (χ0v) is 20.8. The summed E-state index contributed by atoms with van der Waals surface area (Å²) in [6.45, 7) is 2.94. The van der Waals surface area contributed by atoms with Gasteiger partial charge in [-0.1, -0.05) is 30.3 Å². The van der Waals surface area contributed by atoms with Crippen LogP contribution in [0.4, 0.5) is 5.82 Å². The molecule has 0 saturated carbocycles. The summed E-state index contributed by atoms with van der Waals surface area (Å²) in [7, 11) is 0. The number of amides is 2. The van der Waals surface area contributed by atoms with Crippen molar-refractivity contribution in [3.63, 3.8) is 0 Å². The van der Waals surface area contributed by atoms with E-state index in [9.17, 15) is 9.59 Å². The van der Waals surface area contributed by atoms with E-state index < -0.39 is 0 Å². The number of anilines is 1. The number of rotatable bonds is 6. The third kappa shape index (κ3) is 5.28. The molecule has 2 amide bonds. The van der Waals surface area contributed by atoms with Crippen molar-refractivity contribution in [3.8, 4) is 16.3 Å². The molecule has 4 aromatic rings. The molecular formula is C28H27N5O2S. The van der Waals surface area contributed by atoms with Crippen molar-refractivity contribution in [2.75, 3.05) is 18.4 Å². The second kappa shape index (κ2) is 10.7. The van der Waals surface area contributed by atoms with Gasteiger partial charge in [-0.3, -0.25) is 9.59 Å². The number of aromatic nitrogens is 3. The number of hydrogen-bond acceptors (Lipinski definition) is 5. The fourth-order valence-corrected chi connectivity index (χ4v) is 5.05. The van der Waals surface area contributed by atoms with Gasteiger partial charge in [0.05, 0.1) is 16.5 Å². The Morgan fingerprint density at radius 2 is 1.97 bits per heavy atom. The van der Waals surface area contributed by atoms with Crippen LogP contribution in [0.15, 0.2) is 78.4 Å². The van der Waals surface area contributed by atoms with Gasteiger partial charge < -0.3 is 10.2 Å². The summed E-state index contributed by atoms with van der Waals surface area (Å²) in [6.07, 6.45) is 8.55. The fraction of sp³-hybridized carbons (Fsp3) is 0.214. The first-order valence-corrected chi connectivity index (χ1v) is 12.8. The van der Waals surface area contributed by atoms with Crippen molar-refractivity contribution >= 4 is 35.0 Å². The lowest BCUT2D eigenvalue weighted by atomic mass is 9.97. The van der Waals surface area contributed by atoms with E-state index >= 15 is 0 Å². The molecule has 1 unspecified atom stereocenters. The maximum absolute atomic E-state index is 13.1. The number of hydrogen-bond donors (Lipinski definition) is 1. The molecule has 5 rings (SSSR count). The lowest BCUT2D eigenvalue weighted by Crippen LogP contribution is -2.43. The van der Waals surface area contributed by atoms with Crippen LogP contribution in [0.1, 0.15) is 24.0 Å². The number of thiophene rings is 1. The first-order chi connectivity index (χ1) is 17.6. The maximum atomic E-state index is 13.1. The zero-order valence-electron chi connectivity index (χ0n) is 20.0. The Hall–Kier alpha value is -4.04. The minimum Gasteiger partial charge on any atom is -0.338 e. The number of para-hydroxylation sites is 1. The van der Waals surface area contributed by atoms with Crippen LogP contribution in [0.5, 0.6) is 0 Å². The number of benzene rings is 1. The van der Waals surface area contributed by atoms with E-state index in [1.807, 2.05) is 83.9 Å². The highest BCUT2D eigenvalue weighted by Crippen LogP contribution is 2.29. The molecule has 182 valence electrons. The predicted octanol–water partition coefficient (Wildman–Crippen LogP) is 5.19. The molecule has 0 spiro atoms. The van der Waals surface area contributed by atoms with Crippen LogP contribution in [0, 0.1) is 12.8 Å². The molecule has 1 aliphatic rings. The molecule has 3 aromatic heterocycles. The van der Waals surface area contributed by atoms with Crippen molar-refractivity contribution in [1.82, 2.24) is 19.7 Å². The summed E-state index contributed by atoms with van der Waals surface area (Å²) in [4.78, 5) is 33.0. The van der Waals surface area contributed by atoms with Crippen molar-refractivity contribution in [3.05, 3.63) is 89.6 Å². The molecule has 1 N–H and O–H groups in total. The average Bonchev–Trinajstić information content (AvgIpc) is 3.59. The van der Waals surface area contributed by atoms with E-state index in [4.69, 9.17) is 5.10 Å². The Morgan fingerprint density at radius 1 is 1.11 bits per heavy atom. The molecule has 1 aromatic carbocycles. The van der Waals surface area contributed by atoms with E-state index in [1.54, 1.807) is 28.5 Å². The summed E-state index contributed by atoms with van der Waals surface area (Å²) in [5.74, 6) is 0.107. The monoisotopic (exact) mass is 497 g/mol. The van der Waals surface area contributed by atoms with Crippen LogP contribution < -0.4 is 5.32 Å². The molecule has 8 heteroatoms. The van der Waals surface area contributed by atoms with E-state index in [1.165, 1.54) is 0 Å². The molecule has 1 aliphatic heterocycles.